The molecule has 4 nitrogen and oxygen atoms in total. The number of alkyl halides is 6. The molecule has 0 saturated carbocycles. The smallest absolute Gasteiger partial charge is 0.416 e. The fraction of sp³-hybridized carbons (Fsp3) is 0.300. The minimum atomic E-state index is -4.65. The van der Waals surface area contributed by atoms with E-state index in [2.05, 4.69) is 11.9 Å². The van der Waals surface area contributed by atoms with Crippen LogP contribution in [-0.4, -0.2) is 13.2 Å². The average Bonchev–Trinajstić information content (AvgIpc) is 2.89. The fourth-order valence-electron chi connectivity index (χ4n) is 4.16. The molecule has 0 aliphatic rings. The van der Waals surface area contributed by atoms with Gasteiger partial charge in [0, 0.05) is 17.7 Å². The third-order valence-electron chi connectivity index (χ3n) is 6.30. The van der Waals surface area contributed by atoms with Crippen molar-refractivity contribution in [2.75, 3.05) is 7.11 Å². The molecule has 1 atom stereocenters. The third kappa shape index (κ3) is 7.37. The standard InChI is InChI=1S/C30H29F6NO3/c1-6-19-11-20(13-23(12-19)30(34,35)36)16-37-28(38)40-18(4)25-15-22(29(31,32)33)8-9-24(25)26-14-21(17(2)3)7-10-27(26)39-5/h6-15,17-18H,1,16H2,2-5H3,(H,37,38). The molecule has 0 aliphatic carbocycles. The molecule has 0 bridgehead atoms. The Morgan fingerprint density at radius 1 is 0.900 bits per heavy atom. The summed E-state index contributed by atoms with van der Waals surface area (Å²) in [4.78, 5) is 12.6. The van der Waals surface area contributed by atoms with Crippen molar-refractivity contribution in [1.82, 2.24) is 5.32 Å². The van der Waals surface area contributed by atoms with Gasteiger partial charge in [-0.1, -0.05) is 38.6 Å². The first kappa shape index (κ1) is 30.6. The van der Waals surface area contributed by atoms with Crippen LogP contribution in [0.3, 0.4) is 0 Å². The maximum Gasteiger partial charge on any atom is 0.416 e. The zero-order valence-electron chi connectivity index (χ0n) is 22.3. The van der Waals surface area contributed by atoms with E-state index in [0.717, 1.165) is 29.8 Å². The van der Waals surface area contributed by atoms with E-state index in [1.54, 1.807) is 6.07 Å². The van der Waals surface area contributed by atoms with E-state index in [9.17, 15) is 31.1 Å². The highest BCUT2D eigenvalue weighted by Crippen LogP contribution is 2.41. The summed E-state index contributed by atoms with van der Waals surface area (Å²) in [6.45, 7) is 8.52. The number of carbonyl (C=O) groups is 1. The molecule has 3 aromatic rings. The predicted molar refractivity (Wildman–Crippen MR) is 141 cm³/mol. The molecule has 0 heterocycles. The zero-order chi connectivity index (χ0) is 29.8. The normalized spacial score (nSPS) is 12.7. The van der Waals surface area contributed by atoms with E-state index in [0.29, 0.717) is 16.9 Å². The summed E-state index contributed by atoms with van der Waals surface area (Å²) in [5.74, 6) is 0.545. The number of hydrogen-bond donors (Lipinski definition) is 1. The van der Waals surface area contributed by atoms with Gasteiger partial charge in [0.25, 0.3) is 0 Å². The van der Waals surface area contributed by atoms with Crippen LogP contribution in [0.5, 0.6) is 5.75 Å². The molecule has 0 spiro atoms. The third-order valence-corrected chi connectivity index (χ3v) is 6.30. The van der Waals surface area contributed by atoms with E-state index in [4.69, 9.17) is 9.47 Å². The molecule has 214 valence electrons. The van der Waals surface area contributed by atoms with Gasteiger partial charge in [0.1, 0.15) is 11.9 Å². The summed E-state index contributed by atoms with van der Waals surface area (Å²) in [6, 6.07) is 11.8. The van der Waals surface area contributed by atoms with E-state index in [1.807, 2.05) is 26.0 Å². The Morgan fingerprint density at radius 2 is 1.57 bits per heavy atom. The Morgan fingerprint density at radius 3 is 2.15 bits per heavy atom. The number of hydrogen-bond acceptors (Lipinski definition) is 3. The van der Waals surface area contributed by atoms with Crippen molar-refractivity contribution in [1.29, 1.82) is 0 Å². The van der Waals surface area contributed by atoms with Crippen molar-refractivity contribution in [3.8, 4) is 16.9 Å². The summed E-state index contributed by atoms with van der Waals surface area (Å²) >= 11 is 0. The number of carbonyl (C=O) groups excluding carboxylic acids is 1. The Balaban J connectivity index is 1.92. The Hall–Kier alpha value is -3.95. The number of halogens is 6. The number of methoxy groups -OCH3 is 1. The highest BCUT2D eigenvalue weighted by Gasteiger charge is 2.33. The lowest BCUT2D eigenvalue weighted by atomic mass is 9.91. The van der Waals surface area contributed by atoms with Gasteiger partial charge in [0.05, 0.1) is 18.2 Å². The Labute approximate surface area is 228 Å². The molecular formula is C30H29F6NO3. The first-order valence-corrected chi connectivity index (χ1v) is 12.3. The summed E-state index contributed by atoms with van der Waals surface area (Å²) in [5, 5.41) is 2.37. The second kappa shape index (κ2) is 12.1. The largest absolute Gasteiger partial charge is 0.496 e. The van der Waals surface area contributed by atoms with Gasteiger partial charge in [-0.05, 0) is 77.6 Å². The minimum absolute atomic E-state index is 0.0807. The van der Waals surface area contributed by atoms with Crippen LogP contribution in [0.25, 0.3) is 17.2 Å². The van der Waals surface area contributed by atoms with Crippen LogP contribution in [0.2, 0.25) is 0 Å². The van der Waals surface area contributed by atoms with Crippen LogP contribution in [-0.2, 0) is 23.6 Å². The molecule has 0 radical (unpaired) electrons. The van der Waals surface area contributed by atoms with Crippen LogP contribution < -0.4 is 10.1 Å². The van der Waals surface area contributed by atoms with Gasteiger partial charge < -0.3 is 14.8 Å². The molecule has 10 heteroatoms. The van der Waals surface area contributed by atoms with Crippen molar-refractivity contribution < 1.29 is 40.6 Å². The summed E-state index contributed by atoms with van der Waals surface area (Å²) in [6.07, 6.45) is -10.2. The first-order chi connectivity index (χ1) is 18.6. The number of amides is 1. The van der Waals surface area contributed by atoms with Crippen molar-refractivity contribution in [3.63, 3.8) is 0 Å². The summed E-state index contributed by atoms with van der Waals surface area (Å²) < 4.78 is 91.3. The molecule has 3 aromatic carbocycles. The van der Waals surface area contributed by atoms with Gasteiger partial charge in [-0.3, -0.25) is 0 Å². The number of benzene rings is 3. The predicted octanol–water partition coefficient (Wildman–Crippen LogP) is 9.15. The van der Waals surface area contributed by atoms with Gasteiger partial charge in [-0.2, -0.15) is 26.3 Å². The summed E-state index contributed by atoms with van der Waals surface area (Å²) in [5.41, 5.74) is 0.418. The fourth-order valence-corrected chi connectivity index (χ4v) is 4.16. The summed E-state index contributed by atoms with van der Waals surface area (Å²) in [7, 11) is 1.44. The van der Waals surface area contributed by atoms with Crippen molar-refractivity contribution in [2.24, 2.45) is 0 Å². The van der Waals surface area contributed by atoms with Crippen LogP contribution in [0.1, 0.15) is 66.2 Å². The van der Waals surface area contributed by atoms with E-state index in [-0.39, 0.29) is 29.2 Å². The molecule has 0 fully saturated rings. The highest BCUT2D eigenvalue weighted by molar-refractivity contribution is 5.76. The van der Waals surface area contributed by atoms with Crippen LogP contribution in [0, 0.1) is 0 Å². The molecule has 0 aliphatic heterocycles. The van der Waals surface area contributed by atoms with Gasteiger partial charge >= 0.3 is 18.4 Å². The highest BCUT2D eigenvalue weighted by atomic mass is 19.4. The molecule has 0 saturated heterocycles. The van der Waals surface area contributed by atoms with Crippen molar-refractivity contribution in [3.05, 3.63) is 94.6 Å². The lowest BCUT2D eigenvalue weighted by molar-refractivity contribution is -0.138. The van der Waals surface area contributed by atoms with E-state index < -0.39 is 35.7 Å². The van der Waals surface area contributed by atoms with Crippen LogP contribution in [0.4, 0.5) is 31.1 Å². The van der Waals surface area contributed by atoms with Gasteiger partial charge in [0.15, 0.2) is 0 Å². The molecule has 0 aromatic heterocycles. The number of nitrogens with one attached hydrogen (secondary N) is 1. The van der Waals surface area contributed by atoms with Gasteiger partial charge in [-0.15, -0.1) is 0 Å². The Bertz CT molecular complexity index is 1380. The second-order valence-corrected chi connectivity index (χ2v) is 9.48. The zero-order valence-corrected chi connectivity index (χ0v) is 22.3. The van der Waals surface area contributed by atoms with E-state index in [1.165, 1.54) is 32.2 Å². The quantitative estimate of drug-likeness (QED) is 0.277. The monoisotopic (exact) mass is 565 g/mol. The lowest BCUT2D eigenvalue weighted by Gasteiger charge is -2.22. The van der Waals surface area contributed by atoms with Crippen LogP contribution in [0.15, 0.2) is 61.2 Å². The van der Waals surface area contributed by atoms with Gasteiger partial charge in [0.2, 0.25) is 0 Å². The lowest BCUT2D eigenvalue weighted by Crippen LogP contribution is -2.25. The maximum absolute atomic E-state index is 13.6. The number of alkyl carbamates (subject to hydrolysis) is 1. The SMILES string of the molecule is C=Cc1cc(CNC(=O)OC(C)c2cc(C(F)(F)F)ccc2-c2cc(C(C)C)ccc2OC)cc(C(F)(F)F)c1. The molecule has 1 unspecified atom stereocenters. The van der Waals surface area contributed by atoms with Crippen LogP contribution >= 0.6 is 0 Å². The Kier molecular flexibility index (Phi) is 9.22. The molecule has 40 heavy (non-hydrogen) atoms. The van der Waals surface area contributed by atoms with Crippen molar-refractivity contribution in [2.45, 2.75) is 51.7 Å². The minimum Gasteiger partial charge on any atom is -0.496 e. The first-order valence-electron chi connectivity index (χ1n) is 12.3. The van der Waals surface area contributed by atoms with E-state index >= 15 is 0 Å². The van der Waals surface area contributed by atoms with Gasteiger partial charge in [-0.25, -0.2) is 4.79 Å². The van der Waals surface area contributed by atoms with Crippen molar-refractivity contribution >= 4 is 12.2 Å². The molecule has 3 rings (SSSR count). The molecule has 1 amide bonds. The molecular weight excluding hydrogens is 536 g/mol. The maximum atomic E-state index is 13.6. The molecule has 1 N–H and O–H groups in total. The topological polar surface area (TPSA) is 47.6 Å². The number of rotatable bonds is 8. The second-order valence-electron chi connectivity index (χ2n) is 9.48. The average molecular weight is 566 g/mol. The number of ether oxygens (including phenoxy) is 2.